The van der Waals surface area contributed by atoms with E-state index < -0.39 is 0 Å². The van der Waals surface area contributed by atoms with Gasteiger partial charge < -0.3 is 14.4 Å². The SMILES string of the molecule is CC(Cc1nc(-c2ccccc2)no1)NC(=O)Cn1ccc2ccc(F)cc21. The van der Waals surface area contributed by atoms with Gasteiger partial charge in [0.1, 0.15) is 12.4 Å². The number of amides is 1. The fourth-order valence-corrected chi connectivity index (χ4v) is 3.13. The molecule has 2 heterocycles. The number of fused-ring (bicyclic) bond motifs is 1. The number of benzene rings is 2. The molecule has 28 heavy (non-hydrogen) atoms. The van der Waals surface area contributed by atoms with Crippen molar-refractivity contribution in [2.45, 2.75) is 25.9 Å². The second kappa shape index (κ2) is 7.64. The first kappa shape index (κ1) is 17.9. The summed E-state index contributed by atoms with van der Waals surface area (Å²) in [6.45, 7) is 1.98. The average Bonchev–Trinajstić information content (AvgIpc) is 3.29. The summed E-state index contributed by atoms with van der Waals surface area (Å²) >= 11 is 0. The summed E-state index contributed by atoms with van der Waals surface area (Å²) in [5, 5.41) is 7.79. The normalized spacial score (nSPS) is 12.2. The molecule has 6 nitrogen and oxygen atoms in total. The Hall–Kier alpha value is -3.48. The Kier molecular flexibility index (Phi) is 4.89. The van der Waals surface area contributed by atoms with E-state index in [1.165, 1.54) is 12.1 Å². The Bertz CT molecular complexity index is 1100. The molecule has 0 aliphatic heterocycles. The van der Waals surface area contributed by atoms with E-state index in [9.17, 15) is 9.18 Å². The number of hydrogen-bond acceptors (Lipinski definition) is 4. The molecule has 4 rings (SSSR count). The third-order valence-corrected chi connectivity index (χ3v) is 4.44. The molecule has 0 bridgehead atoms. The van der Waals surface area contributed by atoms with E-state index in [1.54, 1.807) is 16.8 Å². The van der Waals surface area contributed by atoms with E-state index in [2.05, 4.69) is 15.5 Å². The first-order valence-electron chi connectivity index (χ1n) is 9.00. The number of rotatable bonds is 6. The Morgan fingerprint density at radius 1 is 1.21 bits per heavy atom. The van der Waals surface area contributed by atoms with Gasteiger partial charge in [-0.2, -0.15) is 4.98 Å². The number of carbonyl (C=O) groups excluding carboxylic acids is 1. The van der Waals surface area contributed by atoms with Gasteiger partial charge >= 0.3 is 0 Å². The number of aromatic nitrogens is 3. The van der Waals surface area contributed by atoms with E-state index in [0.717, 1.165) is 10.9 Å². The minimum absolute atomic E-state index is 0.108. The summed E-state index contributed by atoms with van der Waals surface area (Å²) in [7, 11) is 0. The summed E-state index contributed by atoms with van der Waals surface area (Å²) in [5.74, 6) is 0.485. The van der Waals surface area contributed by atoms with Crippen molar-refractivity contribution in [2.24, 2.45) is 0 Å². The van der Waals surface area contributed by atoms with Crippen molar-refractivity contribution in [1.29, 1.82) is 0 Å². The number of halogens is 1. The average molecular weight is 378 g/mol. The molecule has 1 unspecified atom stereocenters. The topological polar surface area (TPSA) is 73.0 Å². The summed E-state index contributed by atoms with van der Waals surface area (Å²) in [5.41, 5.74) is 1.56. The molecule has 0 saturated carbocycles. The van der Waals surface area contributed by atoms with Crippen molar-refractivity contribution in [3.8, 4) is 11.4 Å². The van der Waals surface area contributed by atoms with Crippen LogP contribution in [0.25, 0.3) is 22.3 Å². The van der Waals surface area contributed by atoms with Gasteiger partial charge in [0.05, 0.1) is 5.52 Å². The molecular weight excluding hydrogens is 359 g/mol. The molecule has 0 spiro atoms. The molecule has 0 radical (unpaired) electrons. The molecule has 4 aromatic rings. The molecule has 1 atom stereocenters. The summed E-state index contributed by atoms with van der Waals surface area (Å²) in [6, 6.07) is 15.7. The summed E-state index contributed by atoms with van der Waals surface area (Å²) < 4.78 is 20.5. The van der Waals surface area contributed by atoms with Crippen molar-refractivity contribution >= 4 is 16.8 Å². The van der Waals surface area contributed by atoms with Gasteiger partial charge in [0.2, 0.25) is 17.6 Å². The molecule has 2 aromatic heterocycles. The number of hydrogen-bond donors (Lipinski definition) is 1. The Labute approximate surface area is 161 Å². The van der Waals surface area contributed by atoms with E-state index in [-0.39, 0.29) is 24.3 Å². The molecule has 7 heteroatoms. The van der Waals surface area contributed by atoms with Gasteiger partial charge in [0, 0.05) is 24.2 Å². The highest BCUT2D eigenvalue weighted by Crippen LogP contribution is 2.17. The van der Waals surface area contributed by atoms with E-state index >= 15 is 0 Å². The lowest BCUT2D eigenvalue weighted by Gasteiger charge is -2.12. The molecule has 1 N–H and O–H groups in total. The zero-order chi connectivity index (χ0) is 19.5. The van der Waals surface area contributed by atoms with Crippen molar-refractivity contribution in [3.63, 3.8) is 0 Å². The molecular formula is C21H19FN4O2. The first-order chi connectivity index (χ1) is 13.6. The Morgan fingerprint density at radius 2 is 2.04 bits per heavy atom. The van der Waals surface area contributed by atoms with Crippen LogP contribution < -0.4 is 5.32 Å². The standard InChI is InChI=1S/C21H19FN4O2/c1-14(11-20-24-21(25-28-20)16-5-3-2-4-6-16)23-19(27)13-26-10-9-15-7-8-17(22)12-18(15)26/h2-10,12,14H,11,13H2,1H3,(H,23,27). The lowest BCUT2D eigenvalue weighted by atomic mass is 10.2. The van der Waals surface area contributed by atoms with E-state index in [0.29, 0.717) is 23.7 Å². The predicted octanol–water partition coefficient (Wildman–Crippen LogP) is 3.58. The minimum atomic E-state index is -0.327. The summed E-state index contributed by atoms with van der Waals surface area (Å²) in [6.07, 6.45) is 2.20. The maximum Gasteiger partial charge on any atom is 0.240 e. The molecule has 0 saturated heterocycles. The zero-order valence-electron chi connectivity index (χ0n) is 15.3. The summed E-state index contributed by atoms with van der Waals surface area (Å²) in [4.78, 5) is 16.8. The second-order valence-electron chi connectivity index (χ2n) is 6.70. The van der Waals surface area contributed by atoms with E-state index in [4.69, 9.17) is 4.52 Å². The first-order valence-corrected chi connectivity index (χ1v) is 9.00. The van der Waals surface area contributed by atoms with Gasteiger partial charge in [-0.3, -0.25) is 4.79 Å². The van der Waals surface area contributed by atoms with Crippen LogP contribution in [0.3, 0.4) is 0 Å². The molecule has 0 fully saturated rings. The van der Waals surface area contributed by atoms with Crippen molar-refractivity contribution < 1.29 is 13.7 Å². The van der Waals surface area contributed by atoms with Gasteiger partial charge in [-0.1, -0.05) is 35.5 Å². The van der Waals surface area contributed by atoms with Crippen LogP contribution in [0.5, 0.6) is 0 Å². The fourth-order valence-electron chi connectivity index (χ4n) is 3.13. The predicted molar refractivity (Wildman–Crippen MR) is 103 cm³/mol. The van der Waals surface area contributed by atoms with Crippen LogP contribution in [0.15, 0.2) is 65.3 Å². The molecule has 2 aromatic carbocycles. The third kappa shape index (κ3) is 3.93. The van der Waals surface area contributed by atoms with Crippen molar-refractivity contribution in [2.75, 3.05) is 0 Å². The quantitative estimate of drug-likeness (QED) is 0.557. The third-order valence-electron chi connectivity index (χ3n) is 4.44. The molecule has 0 aliphatic carbocycles. The Balaban J connectivity index is 1.37. The lowest BCUT2D eigenvalue weighted by Crippen LogP contribution is -2.36. The van der Waals surface area contributed by atoms with Gasteiger partial charge in [-0.15, -0.1) is 0 Å². The fraction of sp³-hybridized carbons (Fsp3) is 0.190. The number of nitrogens with zero attached hydrogens (tertiary/aromatic N) is 3. The van der Waals surface area contributed by atoms with Gasteiger partial charge in [-0.25, -0.2) is 4.39 Å². The van der Waals surface area contributed by atoms with Crippen molar-refractivity contribution in [1.82, 2.24) is 20.0 Å². The second-order valence-corrected chi connectivity index (χ2v) is 6.70. The van der Waals surface area contributed by atoms with Crippen LogP contribution >= 0.6 is 0 Å². The van der Waals surface area contributed by atoms with Crippen LogP contribution in [0.1, 0.15) is 12.8 Å². The highest BCUT2D eigenvalue weighted by Gasteiger charge is 2.15. The smallest absolute Gasteiger partial charge is 0.240 e. The van der Waals surface area contributed by atoms with Crippen LogP contribution in [0.4, 0.5) is 4.39 Å². The largest absolute Gasteiger partial charge is 0.352 e. The highest BCUT2D eigenvalue weighted by atomic mass is 19.1. The number of nitrogens with one attached hydrogen (secondary N) is 1. The Morgan fingerprint density at radius 3 is 2.86 bits per heavy atom. The highest BCUT2D eigenvalue weighted by molar-refractivity contribution is 5.83. The van der Waals surface area contributed by atoms with Crippen LogP contribution in [0.2, 0.25) is 0 Å². The van der Waals surface area contributed by atoms with E-state index in [1.807, 2.05) is 43.3 Å². The molecule has 1 amide bonds. The maximum atomic E-state index is 13.5. The van der Waals surface area contributed by atoms with Crippen LogP contribution in [-0.2, 0) is 17.8 Å². The number of carbonyl (C=O) groups is 1. The molecule has 0 aliphatic rings. The van der Waals surface area contributed by atoms with Crippen molar-refractivity contribution in [3.05, 3.63) is 72.5 Å². The van der Waals surface area contributed by atoms with Crippen LogP contribution in [0, 0.1) is 5.82 Å². The van der Waals surface area contributed by atoms with Crippen LogP contribution in [-0.4, -0.2) is 26.7 Å². The molecule has 142 valence electrons. The van der Waals surface area contributed by atoms with Gasteiger partial charge in [0.15, 0.2) is 0 Å². The maximum absolute atomic E-state index is 13.5. The monoisotopic (exact) mass is 378 g/mol. The minimum Gasteiger partial charge on any atom is -0.352 e. The van der Waals surface area contributed by atoms with Gasteiger partial charge in [-0.05, 0) is 36.6 Å². The lowest BCUT2D eigenvalue weighted by molar-refractivity contribution is -0.122. The zero-order valence-corrected chi connectivity index (χ0v) is 15.3. The van der Waals surface area contributed by atoms with Gasteiger partial charge in [0.25, 0.3) is 0 Å².